The fourth-order valence-electron chi connectivity index (χ4n) is 2.64. The van der Waals surface area contributed by atoms with Crippen molar-refractivity contribution in [3.8, 4) is 11.5 Å². The normalized spacial score (nSPS) is 10.2. The van der Waals surface area contributed by atoms with Crippen LogP contribution in [0.5, 0.6) is 11.5 Å². The predicted molar refractivity (Wildman–Crippen MR) is 108 cm³/mol. The highest BCUT2D eigenvalue weighted by Crippen LogP contribution is 2.29. The van der Waals surface area contributed by atoms with Gasteiger partial charge in [-0.1, -0.05) is 24.3 Å². The van der Waals surface area contributed by atoms with Crippen LogP contribution in [0.15, 0.2) is 54.9 Å². The van der Waals surface area contributed by atoms with Crippen LogP contribution in [0.2, 0.25) is 0 Å². The second kappa shape index (κ2) is 8.85. The largest absolute Gasteiger partial charge is 0.493 e. The molecular weight excluding hydrogens is 356 g/mol. The van der Waals surface area contributed by atoms with Crippen molar-refractivity contribution in [2.45, 2.75) is 13.5 Å². The van der Waals surface area contributed by atoms with Crippen molar-refractivity contribution in [3.63, 3.8) is 0 Å². The van der Waals surface area contributed by atoms with Crippen LogP contribution in [0, 0.1) is 6.92 Å². The van der Waals surface area contributed by atoms with Gasteiger partial charge in [0, 0.05) is 18.3 Å². The van der Waals surface area contributed by atoms with Gasteiger partial charge >= 0.3 is 0 Å². The number of anilines is 2. The van der Waals surface area contributed by atoms with Crippen molar-refractivity contribution in [1.82, 2.24) is 9.97 Å². The number of carbonyl (C=O) groups excluding carboxylic acids is 1. The second-order valence-electron chi connectivity index (χ2n) is 6.09. The Balaban J connectivity index is 1.63. The first kappa shape index (κ1) is 19.2. The van der Waals surface area contributed by atoms with Crippen LogP contribution in [0.25, 0.3) is 0 Å². The molecule has 7 heteroatoms. The molecule has 2 aromatic carbocycles. The molecule has 7 nitrogen and oxygen atoms in total. The van der Waals surface area contributed by atoms with E-state index >= 15 is 0 Å². The fraction of sp³-hybridized carbons (Fsp3) is 0.190. The first-order valence-corrected chi connectivity index (χ1v) is 8.74. The van der Waals surface area contributed by atoms with E-state index in [1.165, 1.54) is 24.4 Å². The summed E-state index contributed by atoms with van der Waals surface area (Å²) < 4.78 is 10.4. The van der Waals surface area contributed by atoms with E-state index in [2.05, 4.69) is 39.7 Å². The second-order valence-corrected chi connectivity index (χ2v) is 6.09. The van der Waals surface area contributed by atoms with Crippen LogP contribution < -0.4 is 20.1 Å². The minimum atomic E-state index is -0.356. The highest BCUT2D eigenvalue weighted by Gasteiger charge is 2.11. The summed E-state index contributed by atoms with van der Waals surface area (Å²) in [6.45, 7) is 2.70. The van der Waals surface area contributed by atoms with E-state index in [0.717, 1.165) is 0 Å². The summed E-state index contributed by atoms with van der Waals surface area (Å²) in [4.78, 5) is 20.9. The molecule has 0 aliphatic carbocycles. The van der Waals surface area contributed by atoms with E-state index < -0.39 is 0 Å². The van der Waals surface area contributed by atoms with E-state index in [0.29, 0.717) is 29.5 Å². The molecule has 144 valence electrons. The summed E-state index contributed by atoms with van der Waals surface area (Å²) >= 11 is 0. The molecule has 2 N–H and O–H groups in total. The number of benzene rings is 2. The van der Waals surface area contributed by atoms with Crippen molar-refractivity contribution in [3.05, 3.63) is 71.7 Å². The SMILES string of the molecule is COc1ccc(NC(=O)c2cnc(NCc3ccccc3C)cn2)cc1OC. The van der Waals surface area contributed by atoms with Crippen molar-refractivity contribution in [1.29, 1.82) is 0 Å². The monoisotopic (exact) mass is 378 g/mol. The van der Waals surface area contributed by atoms with Gasteiger partial charge in [0.2, 0.25) is 0 Å². The van der Waals surface area contributed by atoms with Crippen LogP contribution >= 0.6 is 0 Å². The minimum Gasteiger partial charge on any atom is -0.493 e. The first-order chi connectivity index (χ1) is 13.6. The topological polar surface area (TPSA) is 85.4 Å². The Hall–Kier alpha value is -3.61. The molecular formula is C21H22N4O3. The van der Waals surface area contributed by atoms with Crippen molar-refractivity contribution >= 4 is 17.4 Å². The average Bonchev–Trinajstić information content (AvgIpc) is 2.73. The Bertz CT molecular complexity index is 958. The summed E-state index contributed by atoms with van der Waals surface area (Å²) in [5.74, 6) is 1.36. The van der Waals surface area contributed by atoms with Gasteiger partial charge in [0.15, 0.2) is 11.5 Å². The maximum atomic E-state index is 12.4. The van der Waals surface area contributed by atoms with Gasteiger partial charge in [0.05, 0.1) is 26.6 Å². The van der Waals surface area contributed by atoms with Crippen molar-refractivity contribution < 1.29 is 14.3 Å². The molecule has 0 atom stereocenters. The highest BCUT2D eigenvalue weighted by atomic mass is 16.5. The van der Waals surface area contributed by atoms with E-state index in [1.807, 2.05) is 12.1 Å². The van der Waals surface area contributed by atoms with Gasteiger partial charge in [-0.25, -0.2) is 9.97 Å². The summed E-state index contributed by atoms with van der Waals surface area (Å²) in [5, 5.41) is 5.98. The third kappa shape index (κ3) is 4.56. The molecule has 3 aromatic rings. The van der Waals surface area contributed by atoms with Gasteiger partial charge in [-0.2, -0.15) is 0 Å². The van der Waals surface area contributed by atoms with Gasteiger partial charge in [-0.3, -0.25) is 4.79 Å². The lowest BCUT2D eigenvalue weighted by Crippen LogP contribution is -2.14. The number of carbonyl (C=O) groups is 1. The van der Waals surface area contributed by atoms with Gasteiger partial charge in [0.1, 0.15) is 11.5 Å². The van der Waals surface area contributed by atoms with Gasteiger partial charge in [-0.15, -0.1) is 0 Å². The van der Waals surface area contributed by atoms with Crippen LogP contribution in [-0.4, -0.2) is 30.1 Å². The van der Waals surface area contributed by atoms with Crippen LogP contribution in [0.1, 0.15) is 21.6 Å². The Kier molecular flexibility index (Phi) is 6.06. The van der Waals surface area contributed by atoms with Gasteiger partial charge in [0.25, 0.3) is 5.91 Å². The molecule has 0 fully saturated rings. The molecule has 0 spiro atoms. The molecule has 1 aromatic heterocycles. The number of ether oxygens (including phenoxy) is 2. The molecule has 0 saturated heterocycles. The average molecular weight is 378 g/mol. The quantitative estimate of drug-likeness (QED) is 0.653. The maximum absolute atomic E-state index is 12.4. The molecule has 1 amide bonds. The van der Waals surface area contributed by atoms with Crippen LogP contribution in [0.3, 0.4) is 0 Å². The summed E-state index contributed by atoms with van der Waals surface area (Å²) in [5.41, 5.74) is 3.18. The van der Waals surface area contributed by atoms with Gasteiger partial charge < -0.3 is 20.1 Å². The number of amides is 1. The summed E-state index contributed by atoms with van der Waals surface area (Å²) in [7, 11) is 3.10. The van der Waals surface area contributed by atoms with Crippen LogP contribution in [-0.2, 0) is 6.54 Å². The predicted octanol–water partition coefficient (Wildman–Crippen LogP) is 3.67. The fourth-order valence-corrected chi connectivity index (χ4v) is 2.64. The van der Waals surface area contributed by atoms with E-state index in [9.17, 15) is 4.79 Å². The number of hydrogen-bond acceptors (Lipinski definition) is 6. The Morgan fingerprint density at radius 2 is 1.79 bits per heavy atom. The molecule has 0 radical (unpaired) electrons. The lowest BCUT2D eigenvalue weighted by atomic mass is 10.1. The van der Waals surface area contributed by atoms with Crippen molar-refractivity contribution in [2.75, 3.05) is 24.9 Å². The molecule has 0 aliphatic heterocycles. The Morgan fingerprint density at radius 1 is 1.00 bits per heavy atom. The number of aryl methyl sites for hydroxylation is 1. The third-order valence-corrected chi connectivity index (χ3v) is 4.25. The smallest absolute Gasteiger partial charge is 0.275 e. The van der Waals surface area contributed by atoms with Crippen molar-refractivity contribution in [2.24, 2.45) is 0 Å². The standard InChI is InChI=1S/C21H22N4O3/c1-14-6-4-5-7-15(14)11-23-20-13-22-17(12-24-20)21(26)25-16-8-9-18(27-2)19(10-16)28-3/h4-10,12-13H,11H2,1-3H3,(H,23,24)(H,25,26). The zero-order valence-electron chi connectivity index (χ0n) is 16.0. The number of hydrogen-bond donors (Lipinski definition) is 2. The lowest BCUT2D eigenvalue weighted by Gasteiger charge is -2.11. The number of nitrogens with zero attached hydrogens (tertiary/aromatic N) is 2. The zero-order chi connectivity index (χ0) is 19.9. The Morgan fingerprint density at radius 3 is 2.46 bits per heavy atom. The summed E-state index contributed by atoms with van der Waals surface area (Å²) in [6, 6.07) is 13.2. The number of methoxy groups -OCH3 is 2. The van der Waals surface area contributed by atoms with Gasteiger partial charge in [-0.05, 0) is 30.2 Å². The maximum Gasteiger partial charge on any atom is 0.275 e. The molecule has 1 heterocycles. The molecule has 0 bridgehead atoms. The summed E-state index contributed by atoms with van der Waals surface area (Å²) in [6.07, 6.45) is 2.98. The third-order valence-electron chi connectivity index (χ3n) is 4.25. The molecule has 0 saturated carbocycles. The Labute approximate surface area is 163 Å². The minimum absolute atomic E-state index is 0.219. The molecule has 0 aliphatic rings. The number of aromatic nitrogens is 2. The molecule has 0 unspecified atom stereocenters. The van der Waals surface area contributed by atoms with E-state index in [4.69, 9.17) is 9.47 Å². The molecule has 28 heavy (non-hydrogen) atoms. The number of rotatable bonds is 7. The van der Waals surface area contributed by atoms with E-state index in [-0.39, 0.29) is 11.6 Å². The zero-order valence-corrected chi connectivity index (χ0v) is 16.0. The molecule has 3 rings (SSSR count). The highest BCUT2D eigenvalue weighted by molar-refractivity contribution is 6.02. The first-order valence-electron chi connectivity index (χ1n) is 8.74. The number of nitrogens with one attached hydrogen (secondary N) is 2. The lowest BCUT2D eigenvalue weighted by molar-refractivity contribution is 0.102. The van der Waals surface area contributed by atoms with E-state index in [1.54, 1.807) is 31.5 Å². The van der Waals surface area contributed by atoms with Crippen LogP contribution in [0.4, 0.5) is 11.5 Å².